The summed E-state index contributed by atoms with van der Waals surface area (Å²) in [5, 5.41) is 23.1. The molecular formula is C16H28N4O6S. The van der Waals surface area contributed by atoms with Crippen molar-refractivity contribution >= 4 is 35.5 Å². The summed E-state index contributed by atoms with van der Waals surface area (Å²) in [7, 11) is 0. The zero-order valence-corrected chi connectivity index (χ0v) is 16.3. The number of likely N-dealkylation sites (tertiary alicyclic amines) is 1. The number of nitrogens with one attached hydrogen (secondary N) is 2. The maximum absolute atomic E-state index is 12.8. The number of nitrogens with two attached hydrogens (primary N) is 1. The maximum atomic E-state index is 12.8. The van der Waals surface area contributed by atoms with E-state index in [0.29, 0.717) is 31.6 Å². The first kappa shape index (κ1) is 23.2. The van der Waals surface area contributed by atoms with Crippen LogP contribution in [0.4, 0.5) is 0 Å². The van der Waals surface area contributed by atoms with Crippen molar-refractivity contribution in [3.05, 3.63) is 0 Å². The molecule has 1 fully saturated rings. The van der Waals surface area contributed by atoms with Gasteiger partial charge in [0.15, 0.2) is 0 Å². The largest absolute Gasteiger partial charge is 0.480 e. The molecule has 27 heavy (non-hydrogen) atoms. The number of aliphatic hydroxyl groups is 1. The SMILES string of the molecule is CSCCC(NC(=O)C(C)NC(=O)C(N)CO)C(=O)N1CCCC1C(=O)O. The third kappa shape index (κ3) is 6.67. The summed E-state index contributed by atoms with van der Waals surface area (Å²) in [4.78, 5) is 49.5. The van der Waals surface area contributed by atoms with Gasteiger partial charge in [0.25, 0.3) is 0 Å². The van der Waals surface area contributed by atoms with Crippen LogP contribution >= 0.6 is 11.8 Å². The van der Waals surface area contributed by atoms with Crippen LogP contribution in [0, 0.1) is 0 Å². The molecular weight excluding hydrogens is 376 g/mol. The molecule has 1 aliphatic rings. The number of nitrogens with zero attached hydrogens (tertiary/aromatic N) is 1. The molecule has 154 valence electrons. The van der Waals surface area contributed by atoms with Gasteiger partial charge >= 0.3 is 5.97 Å². The molecule has 11 heteroatoms. The molecule has 4 unspecified atom stereocenters. The lowest BCUT2D eigenvalue weighted by Gasteiger charge is -2.28. The van der Waals surface area contributed by atoms with Gasteiger partial charge in [-0.2, -0.15) is 11.8 Å². The number of rotatable bonds is 10. The molecule has 0 aliphatic carbocycles. The lowest BCUT2D eigenvalue weighted by molar-refractivity contribution is -0.149. The highest BCUT2D eigenvalue weighted by Crippen LogP contribution is 2.19. The molecule has 4 atom stereocenters. The molecule has 1 saturated heterocycles. The molecule has 0 radical (unpaired) electrons. The topological polar surface area (TPSA) is 162 Å². The fourth-order valence-electron chi connectivity index (χ4n) is 2.75. The van der Waals surface area contributed by atoms with Gasteiger partial charge in [0, 0.05) is 6.54 Å². The van der Waals surface area contributed by atoms with Crippen molar-refractivity contribution in [2.75, 3.05) is 25.2 Å². The van der Waals surface area contributed by atoms with Gasteiger partial charge < -0.3 is 31.5 Å². The summed E-state index contributed by atoms with van der Waals surface area (Å²) in [6.07, 6.45) is 3.18. The second-order valence-corrected chi connectivity index (χ2v) is 7.38. The normalized spacial score (nSPS) is 19.9. The number of carbonyl (C=O) groups excluding carboxylic acids is 3. The third-order valence-corrected chi connectivity index (χ3v) is 4.98. The van der Waals surface area contributed by atoms with Crippen LogP contribution in [-0.2, 0) is 19.2 Å². The lowest BCUT2D eigenvalue weighted by Crippen LogP contribution is -2.56. The van der Waals surface area contributed by atoms with Crippen LogP contribution in [0.3, 0.4) is 0 Å². The molecule has 1 aliphatic heterocycles. The Morgan fingerprint density at radius 2 is 1.93 bits per heavy atom. The molecule has 0 saturated carbocycles. The minimum Gasteiger partial charge on any atom is -0.480 e. The van der Waals surface area contributed by atoms with E-state index in [4.69, 9.17) is 10.8 Å². The quantitative estimate of drug-likeness (QED) is 0.283. The second kappa shape index (κ2) is 11.1. The summed E-state index contributed by atoms with van der Waals surface area (Å²) in [6.45, 7) is 1.21. The van der Waals surface area contributed by atoms with Gasteiger partial charge in [0.05, 0.1) is 6.61 Å². The number of carboxylic acid groups (broad SMARTS) is 1. The highest BCUT2D eigenvalue weighted by molar-refractivity contribution is 7.98. The highest BCUT2D eigenvalue weighted by atomic mass is 32.2. The average molecular weight is 404 g/mol. The molecule has 10 nitrogen and oxygen atoms in total. The van der Waals surface area contributed by atoms with E-state index in [1.54, 1.807) is 0 Å². The number of carboxylic acids is 1. The van der Waals surface area contributed by atoms with Gasteiger partial charge in [0.1, 0.15) is 24.2 Å². The van der Waals surface area contributed by atoms with Crippen LogP contribution < -0.4 is 16.4 Å². The maximum Gasteiger partial charge on any atom is 0.326 e. The van der Waals surface area contributed by atoms with E-state index in [1.165, 1.54) is 23.6 Å². The number of carbonyl (C=O) groups is 4. The van der Waals surface area contributed by atoms with E-state index in [2.05, 4.69) is 10.6 Å². The van der Waals surface area contributed by atoms with E-state index in [1.807, 2.05) is 6.26 Å². The van der Waals surface area contributed by atoms with Crippen molar-refractivity contribution in [2.45, 2.75) is 50.4 Å². The number of aliphatic carboxylic acids is 1. The molecule has 0 aromatic rings. The third-order valence-electron chi connectivity index (χ3n) is 4.33. The van der Waals surface area contributed by atoms with Crippen LogP contribution in [0.1, 0.15) is 26.2 Å². The fourth-order valence-corrected chi connectivity index (χ4v) is 3.22. The minimum atomic E-state index is -1.14. The molecule has 0 aromatic carbocycles. The first-order chi connectivity index (χ1) is 12.7. The van der Waals surface area contributed by atoms with E-state index in [0.717, 1.165) is 0 Å². The van der Waals surface area contributed by atoms with Gasteiger partial charge in [-0.15, -0.1) is 0 Å². The average Bonchev–Trinajstić information content (AvgIpc) is 3.13. The van der Waals surface area contributed by atoms with Gasteiger partial charge in [-0.1, -0.05) is 0 Å². The van der Waals surface area contributed by atoms with Gasteiger partial charge in [-0.25, -0.2) is 4.79 Å². The van der Waals surface area contributed by atoms with Gasteiger partial charge in [0.2, 0.25) is 17.7 Å². The van der Waals surface area contributed by atoms with E-state index >= 15 is 0 Å². The number of hydrogen-bond donors (Lipinski definition) is 5. The van der Waals surface area contributed by atoms with E-state index < -0.39 is 54.5 Å². The Labute approximate surface area is 162 Å². The number of thioether (sulfide) groups is 1. The van der Waals surface area contributed by atoms with Crippen molar-refractivity contribution in [3.8, 4) is 0 Å². The molecule has 1 heterocycles. The summed E-state index contributed by atoms with van der Waals surface area (Å²) < 4.78 is 0. The smallest absolute Gasteiger partial charge is 0.326 e. The van der Waals surface area contributed by atoms with Crippen molar-refractivity contribution in [1.82, 2.24) is 15.5 Å². The Hall–Kier alpha value is -1.85. The number of aliphatic hydroxyl groups excluding tert-OH is 1. The number of amides is 3. The zero-order valence-electron chi connectivity index (χ0n) is 15.5. The van der Waals surface area contributed by atoms with Gasteiger partial charge in [-0.3, -0.25) is 14.4 Å². The Bertz CT molecular complexity index is 561. The van der Waals surface area contributed by atoms with Crippen molar-refractivity contribution in [1.29, 1.82) is 0 Å². The summed E-state index contributed by atoms with van der Waals surface area (Å²) in [6, 6.07) is -3.87. The fraction of sp³-hybridized carbons (Fsp3) is 0.750. The Morgan fingerprint density at radius 3 is 2.48 bits per heavy atom. The Kier molecular flexibility index (Phi) is 9.53. The van der Waals surface area contributed by atoms with Crippen LogP contribution in [0.2, 0.25) is 0 Å². The summed E-state index contributed by atoms with van der Waals surface area (Å²) >= 11 is 1.50. The van der Waals surface area contributed by atoms with Crippen LogP contribution in [0.15, 0.2) is 0 Å². The molecule has 6 N–H and O–H groups in total. The highest BCUT2D eigenvalue weighted by Gasteiger charge is 2.37. The molecule has 0 aromatic heterocycles. The van der Waals surface area contributed by atoms with Crippen LogP contribution in [0.25, 0.3) is 0 Å². The Morgan fingerprint density at radius 1 is 1.26 bits per heavy atom. The van der Waals surface area contributed by atoms with Crippen LogP contribution in [-0.4, -0.2) is 88.1 Å². The zero-order chi connectivity index (χ0) is 20.6. The standard InChI is InChI=1S/C16H28N4O6S/c1-9(18-14(23)10(17)8-21)13(22)19-11(5-7-27-2)15(24)20-6-3-4-12(20)16(25)26/h9-12,21H,3-8,17H2,1-2H3,(H,18,23)(H,19,22)(H,25,26). The second-order valence-electron chi connectivity index (χ2n) is 6.39. The first-order valence-corrected chi connectivity index (χ1v) is 10.1. The molecule has 1 rings (SSSR count). The van der Waals surface area contributed by atoms with Crippen molar-refractivity contribution < 1.29 is 29.4 Å². The first-order valence-electron chi connectivity index (χ1n) is 8.72. The minimum absolute atomic E-state index is 0.332. The number of hydrogen-bond acceptors (Lipinski definition) is 7. The lowest BCUT2D eigenvalue weighted by atomic mass is 10.1. The van der Waals surface area contributed by atoms with E-state index in [9.17, 15) is 24.3 Å². The molecule has 0 bridgehead atoms. The van der Waals surface area contributed by atoms with Gasteiger partial charge in [-0.05, 0) is 38.2 Å². The van der Waals surface area contributed by atoms with Crippen LogP contribution in [0.5, 0.6) is 0 Å². The molecule has 3 amide bonds. The Balaban J connectivity index is 2.78. The molecule has 0 spiro atoms. The van der Waals surface area contributed by atoms with Crippen molar-refractivity contribution in [2.24, 2.45) is 5.73 Å². The predicted molar refractivity (Wildman–Crippen MR) is 100.0 cm³/mol. The summed E-state index contributed by atoms with van der Waals surface area (Å²) in [5.74, 6) is -2.17. The summed E-state index contributed by atoms with van der Waals surface area (Å²) in [5.41, 5.74) is 5.39. The monoisotopic (exact) mass is 404 g/mol. The predicted octanol–water partition coefficient (Wildman–Crippen LogP) is -1.88. The van der Waals surface area contributed by atoms with E-state index in [-0.39, 0.29) is 0 Å². The van der Waals surface area contributed by atoms with Crippen molar-refractivity contribution in [3.63, 3.8) is 0 Å².